The zero-order valence-electron chi connectivity index (χ0n) is 12.0. The molecule has 1 aromatic heterocycles. The van der Waals surface area contributed by atoms with Gasteiger partial charge in [0.05, 0.1) is 17.4 Å². The minimum atomic E-state index is -0.560. The lowest BCUT2D eigenvalue weighted by molar-refractivity contribution is 0.102. The van der Waals surface area contributed by atoms with Crippen LogP contribution in [0, 0.1) is 12.7 Å². The number of benzene rings is 2. The predicted octanol–water partition coefficient (Wildman–Crippen LogP) is 4.00. The van der Waals surface area contributed by atoms with E-state index in [1.165, 1.54) is 29.5 Å². The highest BCUT2D eigenvalue weighted by Gasteiger charge is 2.15. The van der Waals surface area contributed by atoms with Crippen LogP contribution in [0.2, 0.25) is 0 Å². The van der Waals surface area contributed by atoms with E-state index in [0.29, 0.717) is 16.4 Å². The molecule has 2 aromatic carbocycles. The van der Waals surface area contributed by atoms with E-state index in [2.05, 4.69) is 10.3 Å². The third kappa shape index (κ3) is 2.53. The van der Waals surface area contributed by atoms with Gasteiger partial charge in [-0.25, -0.2) is 9.37 Å². The molecule has 1 amide bonds. The van der Waals surface area contributed by atoms with E-state index in [1.54, 1.807) is 13.2 Å². The number of aromatic nitrogens is 1. The summed E-state index contributed by atoms with van der Waals surface area (Å²) in [7, 11) is 1.57. The molecule has 1 heterocycles. The van der Waals surface area contributed by atoms with Gasteiger partial charge in [0.25, 0.3) is 5.91 Å². The molecule has 0 saturated heterocycles. The number of hydrogen-bond donors (Lipinski definition) is 1. The lowest BCUT2D eigenvalue weighted by Gasteiger charge is -2.02. The summed E-state index contributed by atoms with van der Waals surface area (Å²) < 4.78 is 19.8. The van der Waals surface area contributed by atoms with Crippen LogP contribution in [-0.2, 0) is 0 Å². The number of ether oxygens (including phenoxy) is 1. The molecule has 0 saturated carbocycles. The Balaban J connectivity index is 1.96. The Kier molecular flexibility index (Phi) is 3.77. The Bertz CT molecular complexity index is 860. The molecule has 0 aliphatic rings. The maximum Gasteiger partial charge on any atom is 0.260 e. The van der Waals surface area contributed by atoms with E-state index in [4.69, 9.17) is 4.74 Å². The van der Waals surface area contributed by atoms with Gasteiger partial charge in [0, 0.05) is 0 Å². The number of fused-ring (bicyclic) bond motifs is 1. The van der Waals surface area contributed by atoms with Crippen molar-refractivity contribution < 1.29 is 13.9 Å². The highest BCUT2D eigenvalue weighted by atomic mass is 32.1. The fraction of sp³-hybridized carbons (Fsp3) is 0.125. The Morgan fingerprint density at radius 1 is 1.27 bits per heavy atom. The molecule has 0 aliphatic heterocycles. The first kappa shape index (κ1) is 14.5. The second-order valence-electron chi connectivity index (χ2n) is 4.72. The fourth-order valence-corrected chi connectivity index (χ4v) is 3.08. The Morgan fingerprint density at radius 2 is 2.05 bits per heavy atom. The van der Waals surface area contributed by atoms with Crippen LogP contribution in [-0.4, -0.2) is 18.0 Å². The molecule has 1 N–H and O–H groups in total. The van der Waals surface area contributed by atoms with E-state index in [-0.39, 0.29) is 5.56 Å². The number of hydrogen-bond acceptors (Lipinski definition) is 4. The monoisotopic (exact) mass is 316 g/mol. The average Bonchev–Trinajstić information content (AvgIpc) is 2.92. The Morgan fingerprint density at radius 3 is 2.77 bits per heavy atom. The molecule has 0 unspecified atom stereocenters. The third-order valence-corrected chi connectivity index (χ3v) is 4.37. The van der Waals surface area contributed by atoms with Gasteiger partial charge in [0.15, 0.2) is 5.13 Å². The molecule has 0 radical (unpaired) electrons. The van der Waals surface area contributed by atoms with Gasteiger partial charge in [-0.15, -0.1) is 0 Å². The van der Waals surface area contributed by atoms with Gasteiger partial charge in [-0.3, -0.25) is 10.1 Å². The quantitative estimate of drug-likeness (QED) is 0.794. The van der Waals surface area contributed by atoms with Crippen LogP contribution < -0.4 is 10.1 Å². The number of carbonyl (C=O) groups is 1. The van der Waals surface area contributed by atoms with Crippen LogP contribution in [0.25, 0.3) is 10.2 Å². The summed E-state index contributed by atoms with van der Waals surface area (Å²) in [4.78, 5) is 16.5. The van der Waals surface area contributed by atoms with E-state index >= 15 is 0 Å². The molecule has 0 spiro atoms. The first-order valence-corrected chi connectivity index (χ1v) is 7.42. The summed E-state index contributed by atoms with van der Waals surface area (Å²) >= 11 is 1.34. The van der Waals surface area contributed by atoms with Crippen LogP contribution in [0.1, 0.15) is 15.9 Å². The lowest BCUT2D eigenvalue weighted by atomic mass is 10.2. The number of anilines is 1. The van der Waals surface area contributed by atoms with Crippen molar-refractivity contribution >= 4 is 32.6 Å². The maximum absolute atomic E-state index is 13.6. The molecule has 22 heavy (non-hydrogen) atoms. The smallest absolute Gasteiger partial charge is 0.260 e. The van der Waals surface area contributed by atoms with Crippen molar-refractivity contribution in [3.8, 4) is 5.75 Å². The predicted molar refractivity (Wildman–Crippen MR) is 85.3 cm³/mol. The molecule has 0 aliphatic carbocycles. The van der Waals surface area contributed by atoms with Crippen LogP contribution >= 0.6 is 11.3 Å². The molecule has 6 heteroatoms. The second kappa shape index (κ2) is 5.73. The maximum atomic E-state index is 13.6. The second-order valence-corrected chi connectivity index (χ2v) is 5.71. The number of nitrogens with zero attached hydrogens (tertiary/aromatic N) is 1. The minimum Gasteiger partial charge on any atom is -0.494 e. The summed E-state index contributed by atoms with van der Waals surface area (Å²) in [5.74, 6) is -0.438. The molecular weight excluding hydrogens is 303 g/mol. The number of carbonyl (C=O) groups excluding carboxylic acids is 1. The molecule has 0 atom stereocenters. The Hall–Kier alpha value is -2.47. The van der Waals surface area contributed by atoms with E-state index < -0.39 is 11.7 Å². The summed E-state index contributed by atoms with van der Waals surface area (Å²) in [6.45, 7) is 1.96. The number of rotatable bonds is 3. The van der Waals surface area contributed by atoms with Crippen LogP contribution in [0.5, 0.6) is 5.75 Å². The molecular formula is C16H13FN2O2S. The summed E-state index contributed by atoms with van der Waals surface area (Å²) in [5.41, 5.74) is 1.72. The minimum absolute atomic E-state index is 0.00885. The fourth-order valence-electron chi connectivity index (χ4n) is 2.14. The highest BCUT2D eigenvalue weighted by molar-refractivity contribution is 7.22. The molecule has 3 aromatic rings. The van der Waals surface area contributed by atoms with E-state index in [1.807, 2.05) is 19.1 Å². The zero-order valence-corrected chi connectivity index (χ0v) is 12.8. The van der Waals surface area contributed by atoms with Crippen molar-refractivity contribution in [2.24, 2.45) is 0 Å². The SMILES string of the molecule is COc1ccc(C)c2sc(NC(=O)c3ccccc3F)nc12. The molecule has 4 nitrogen and oxygen atoms in total. The van der Waals surface area contributed by atoms with Crippen LogP contribution in [0.3, 0.4) is 0 Å². The summed E-state index contributed by atoms with van der Waals surface area (Å²) in [6, 6.07) is 9.60. The van der Waals surface area contributed by atoms with Crippen LogP contribution in [0.4, 0.5) is 9.52 Å². The number of aryl methyl sites for hydroxylation is 1. The van der Waals surface area contributed by atoms with Gasteiger partial charge >= 0.3 is 0 Å². The van der Waals surface area contributed by atoms with Crippen molar-refractivity contribution in [1.82, 2.24) is 4.98 Å². The van der Waals surface area contributed by atoms with Gasteiger partial charge < -0.3 is 4.74 Å². The number of methoxy groups -OCH3 is 1. The topological polar surface area (TPSA) is 51.2 Å². The van der Waals surface area contributed by atoms with Crippen molar-refractivity contribution in [2.45, 2.75) is 6.92 Å². The lowest BCUT2D eigenvalue weighted by Crippen LogP contribution is -2.13. The van der Waals surface area contributed by atoms with E-state index in [0.717, 1.165) is 10.3 Å². The Labute approximate surface area is 130 Å². The van der Waals surface area contributed by atoms with Gasteiger partial charge in [0.1, 0.15) is 17.1 Å². The van der Waals surface area contributed by atoms with E-state index in [9.17, 15) is 9.18 Å². The van der Waals surface area contributed by atoms with Crippen molar-refractivity contribution in [3.63, 3.8) is 0 Å². The van der Waals surface area contributed by atoms with Gasteiger partial charge in [0.2, 0.25) is 0 Å². The van der Waals surface area contributed by atoms with Crippen LogP contribution in [0.15, 0.2) is 36.4 Å². The highest BCUT2D eigenvalue weighted by Crippen LogP contribution is 2.34. The van der Waals surface area contributed by atoms with Gasteiger partial charge in [-0.05, 0) is 30.7 Å². The molecule has 0 fully saturated rings. The number of nitrogens with one attached hydrogen (secondary N) is 1. The number of amides is 1. The summed E-state index contributed by atoms with van der Waals surface area (Å²) in [5, 5.41) is 3.05. The molecule has 112 valence electrons. The summed E-state index contributed by atoms with van der Waals surface area (Å²) in [6.07, 6.45) is 0. The largest absolute Gasteiger partial charge is 0.494 e. The molecule has 0 bridgehead atoms. The first-order chi connectivity index (χ1) is 10.6. The normalized spacial score (nSPS) is 10.7. The van der Waals surface area contributed by atoms with Crippen molar-refractivity contribution in [2.75, 3.05) is 12.4 Å². The standard InChI is InChI=1S/C16H13FN2O2S/c1-9-7-8-12(21-2)13-14(9)22-16(18-13)19-15(20)10-5-3-4-6-11(10)17/h3-8H,1-2H3,(H,18,19,20). The zero-order chi connectivity index (χ0) is 15.7. The van der Waals surface area contributed by atoms with Gasteiger partial charge in [-0.2, -0.15) is 0 Å². The average molecular weight is 316 g/mol. The molecule has 3 rings (SSSR count). The van der Waals surface area contributed by atoms with Crippen molar-refractivity contribution in [3.05, 3.63) is 53.3 Å². The van der Waals surface area contributed by atoms with Gasteiger partial charge in [-0.1, -0.05) is 29.5 Å². The first-order valence-electron chi connectivity index (χ1n) is 6.60. The third-order valence-electron chi connectivity index (χ3n) is 3.26. The number of halogens is 1. The number of thiazole rings is 1. The van der Waals surface area contributed by atoms with Crippen molar-refractivity contribution in [1.29, 1.82) is 0 Å².